The number of carbonyl (C=O) groups excluding carboxylic acids is 2. The normalized spacial score (nSPS) is 20.2. The van der Waals surface area contributed by atoms with E-state index in [-0.39, 0.29) is 12.6 Å². The molecule has 0 amide bonds. The minimum absolute atomic E-state index is 0.0683. The lowest BCUT2D eigenvalue weighted by atomic mass is 10.2. The van der Waals surface area contributed by atoms with Crippen LogP contribution in [-0.4, -0.2) is 34.4 Å². The molecule has 0 aromatic heterocycles. The van der Waals surface area contributed by atoms with Gasteiger partial charge >= 0.3 is 21.2 Å². The average molecular weight is 284 g/mol. The van der Waals surface area contributed by atoms with E-state index in [1.54, 1.807) is 13.8 Å². The Morgan fingerprint density at radius 1 is 1.37 bits per heavy atom. The average Bonchev–Trinajstić information content (AvgIpc) is 2.44. The van der Waals surface area contributed by atoms with E-state index >= 15 is 0 Å². The molecule has 1 rings (SSSR count). The van der Waals surface area contributed by atoms with Crippen LogP contribution < -0.4 is 0 Å². The van der Waals surface area contributed by atoms with Gasteiger partial charge in [0.15, 0.2) is 0 Å². The molecule has 0 N–H and O–H groups in total. The molecule has 1 aliphatic heterocycles. The molecule has 0 saturated carbocycles. The van der Waals surface area contributed by atoms with E-state index in [2.05, 4.69) is 6.58 Å². The second-order valence-corrected chi connectivity index (χ2v) is 6.42. The Kier molecular flexibility index (Phi) is 6.51. The molecule has 19 heavy (non-hydrogen) atoms. The Bertz CT molecular complexity index is 382. The van der Waals surface area contributed by atoms with E-state index in [4.69, 9.17) is 13.6 Å². The van der Waals surface area contributed by atoms with Crippen molar-refractivity contribution in [3.63, 3.8) is 0 Å². The second-order valence-electron chi connectivity index (χ2n) is 4.42. The summed E-state index contributed by atoms with van der Waals surface area (Å²) in [4.78, 5) is 22.8. The van der Waals surface area contributed by atoms with Crippen molar-refractivity contribution >= 4 is 21.2 Å². The zero-order valence-electron chi connectivity index (χ0n) is 11.4. The number of ether oxygens (including phenoxy) is 1. The highest BCUT2D eigenvalue weighted by Crippen LogP contribution is 2.14. The molecule has 6 heteroatoms. The van der Waals surface area contributed by atoms with Crippen LogP contribution in [0.25, 0.3) is 0 Å². The van der Waals surface area contributed by atoms with Crippen LogP contribution in [0.2, 0.25) is 6.04 Å². The Morgan fingerprint density at radius 3 is 2.68 bits per heavy atom. The molecule has 0 spiro atoms. The van der Waals surface area contributed by atoms with Gasteiger partial charge in [-0.2, -0.15) is 0 Å². The van der Waals surface area contributed by atoms with E-state index in [9.17, 15) is 9.59 Å². The van der Waals surface area contributed by atoms with Gasteiger partial charge in [0.2, 0.25) is 0 Å². The van der Waals surface area contributed by atoms with E-state index in [1.807, 2.05) is 0 Å². The van der Waals surface area contributed by atoms with Crippen LogP contribution in [0.3, 0.4) is 0 Å². The van der Waals surface area contributed by atoms with E-state index < -0.39 is 15.3 Å². The van der Waals surface area contributed by atoms with Gasteiger partial charge in [0.1, 0.15) is 6.61 Å². The summed E-state index contributed by atoms with van der Waals surface area (Å²) in [5, 5.41) is 0. The monoisotopic (exact) mass is 284 g/mol. The first-order chi connectivity index (χ1) is 9.04. The highest BCUT2D eigenvalue weighted by molar-refractivity contribution is 6.47. The lowest BCUT2D eigenvalue weighted by molar-refractivity contribution is -0.137. The molecular formula is C13H20O5Si. The van der Waals surface area contributed by atoms with Crippen LogP contribution >= 0.6 is 0 Å². The molecular weight excluding hydrogens is 264 g/mol. The molecule has 1 atom stereocenters. The Morgan fingerprint density at radius 2 is 2.11 bits per heavy atom. The van der Waals surface area contributed by atoms with Crippen molar-refractivity contribution in [2.75, 3.05) is 13.2 Å². The van der Waals surface area contributed by atoms with Gasteiger partial charge in [-0.15, -0.1) is 0 Å². The lowest BCUT2D eigenvalue weighted by Gasteiger charge is -2.21. The van der Waals surface area contributed by atoms with Crippen molar-refractivity contribution in [1.82, 2.24) is 0 Å². The number of esters is 1. The van der Waals surface area contributed by atoms with Crippen LogP contribution in [0.15, 0.2) is 23.8 Å². The maximum atomic E-state index is 11.9. The number of hydrogen-bond donors (Lipinski definition) is 0. The van der Waals surface area contributed by atoms with Crippen LogP contribution in [0.4, 0.5) is 0 Å². The summed E-state index contributed by atoms with van der Waals surface area (Å²) >= 11 is 0. The Balaban J connectivity index is 2.48. The minimum atomic E-state index is -1.83. The molecule has 1 aliphatic rings. The van der Waals surface area contributed by atoms with Crippen LogP contribution in [0.5, 0.6) is 0 Å². The first-order valence-electron chi connectivity index (χ1n) is 6.32. The van der Waals surface area contributed by atoms with Crippen molar-refractivity contribution in [3.05, 3.63) is 23.8 Å². The van der Waals surface area contributed by atoms with E-state index in [0.717, 1.165) is 25.0 Å². The third-order valence-corrected chi connectivity index (χ3v) is 4.88. The van der Waals surface area contributed by atoms with E-state index in [0.29, 0.717) is 17.8 Å². The van der Waals surface area contributed by atoms with Crippen molar-refractivity contribution in [3.8, 4) is 0 Å². The standard InChI is InChI=1S/C13H20O5Si/c1-4-12(14)16-9-10(2)11(3)13(15)18-19-8-6-5-7-17-19/h4,19H,1,5-9H2,2-3H3. The third-order valence-electron chi connectivity index (χ3n) is 2.92. The number of carbonyl (C=O) groups is 2. The Labute approximate surface area is 115 Å². The molecule has 0 radical (unpaired) electrons. The lowest BCUT2D eigenvalue weighted by Crippen LogP contribution is -2.30. The summed E-state index contributed by atoms with van der Waals surface area (Å²) in [5.41, 5.74) is 1.14. The molecule has 1 heterocycles. The molecule has 1 fully saturated rings. The first-order valence-corrected chi connectivity index (χ1v) is 8.08. The van der Waals surface area contributed by atoms with Gasteiger partial charge in [0.05, 0.1) is 0 Å². The van der Waals surface area contributed by atoms with Crippen molar-refractivity contribution in [2.45, 2.75) is 32.7 Å². The molecule has 1 unspecified atom stereocenters. The maximum Gasteiger partial charge on any atom is 0.385 e. The summed E-state index contributed by atoms with van der Waals surface area (Å²) in [5.74, 6) is -0.878. The minimum Gasteiger partial charge on any atom is -0.493 e. The summed E-state index contributed by atoms with van der Waals surface area (Å²) < 4.78 is 15.7. The quantitative estimate of drug-likeness (QED) is 0.436. The molecule has 0 bridgehead atoms. The van der Waals surface area contributed by atoms with Crippen LogP contribution in [0.1, 0.15) is 26.7 Å². The summed E-state index contributed by atoms with van der Waals surface area (Å²) in [6.07, 6.45) is 3.18. The Hall–Kier alpha value is -1.40. The predicted octanol–water partition coefficient (Wildman–Crippen LogP) is 1.63. The molecule has 0 aromatic rings. The summed E-state index contributed by atoms with van der Waals surface area (Å²) in [6, 6.07) is 0.865. The van der Waals surface area contributed by atoms with Crippen molar-refractivity contribution < 1.29 is 23.2 Å². The topological polar surface area (TPSA) is 61.8 Å². The molecule has 1 saturated heterocycles. The van der Waals surface area contributed by atoms with Crippen LogP contribution in [-0.2, 0) is 23.2 Å². The van der Waals surface area contributed by atoms with Crippen molar-refractivity contribution in [2.24, 2.45) is 0 Å². The molecule has 5 nitrogen and oxygen atoms in total. The fourth-order valence-corrected chi connectivity index (χ4v) is 3.35. The van der Waals surface area contributed by atoms with Gasteiger partial charge in [-0.05, 0) is 38.3 Å². The smallest absolute Gasteiger partial charge is 0.385 e. The number of rotatable bonds is 5. The summed E-state index contributed by atoms with van der Waals surface area (Å²) in [7, 11) is -1.83. The van der Waals surface area contributed by atoms with Gasteiger partial charge in [-0.3, -0.25) is 0 Å². The third kappa shape index (κ3) is 5.40. The molecule has 0 aliphatic carbocycles. The van der Waals surface area contributed by atoms with Gasteiger partial charge < -0.3 is 13.6 Å². The fourth-order valence-electron chi connectivity index (χ4n) is 1.53. The molecule has 0 aromatic carbocycles. The van der Waals surface area contributed by atoms with Gasteiger partial charge in [0.25, 0.3) is 0 Å². The fraction of sp³-hybridized carbons (Fsp3) is 0.538. The predicted molar refractivity (Wildman–Crippen MR) is 72.8 cm³/mol. The zero-order valence-corrected chi connectivity index (χ0v) is 12.6. The van der Waals surface area contributed by atoms with Crippen LogP contribution in [0, 0.1) is 0 Å². The van der Waals surface area contributed by atoms with Gasteiger partial charge in [0, 0.05) is 18.3 Å². The highest BCUT2D eigenvalue weighted by Gasteiger charge is 2.23. The van der Waals surface area contributed by atoms with Crippen molar-refractivity contribution in [1.29, 1.82) is 0 Å². The summed E-state index contributed by atoms with van der Waals surface area (Å²) in [6.45, 7) is 7.45. The maximum absolute atomic E-state index is 11.9. The van der Waals surface area contributed by atoms with Gasteiger partial charge in [-0.1, -0.05) is 6.58 Å². The first kappa shape index (κ1) is 15.7. The largest absolute Gasteiger partial charge is 0.493 e. The zero-order chi connectivity index (χ0) is 14.3. The highest BCUT2D eigenvalue weighted by atomic mass is 28.3. The SMILES string of the molecule is C=CC(=O)OCC(C)=C(C)C(=O)O[SiH]1CCCCO1. The molecule has 106 valence electrons. The van der Waals surface area contributed by atoms with E-state index in [1.165, 1.54) is 0 Å². The second kappa shape index (κ2) is 7.91. The van der Waals surface area contributed by atoms with Gasteiger partial charge in [-0.25, -0.2) is 9.59 Å². The number of hydrogen-bond acceptors (Lipinski definition) is 5.